The van der Waals surface area contributed by atoms with Crippen molar-refractivity contribution in [1.82, 2.24) is 14.9 Å². The van der Waals surface area contributed by atoms with Crippen LogP contribution < -0.4 is 14.4 Å². The number of carbonyl (C=O) groups is 1. The van der Waals surface area contributed by atoms with Crippen LogP contribution in [0.2, 0.25) is 0 Å². The van der Waals surface area contributed by atoms with Gasteiger partial charge >= 0.3 is 0 Å². The van der Waals surface area contributed by atoms with Crippen LogP contribution in [0, 0.1) is 6.92 Å². The fraction of sp³-hybridized carbons (Fsp3) is 0.250. The molecule has 2 heterocycles. The Bertz CT molecular complexity index is 1370. The summed E-state index contributed by atoms with van der Waals surface area (Å²) in [5, 5.41) is 2.20. The van der Waals surface area contributed by atoms with Gasteiger partial charge in [0.1, 0.15) is 12.1 Å². The molecule has 1 aromatic heterocycles. The largest absolute Gasteiger partial charge is 0.493 e. The minimum Gasteiger partial charge on any atom is -0.493 e. The van der Waals surface area contributed by atoms with Gasteiger partial charge in [0.05, 0.1) is 7.11 Å². The van der Waals surface area contributed by atoms with Crippen LogP contribution in [0.1, 0.15) is 22.8 Å². The molecular weight excluding hydrogens is 440 g/mol. The molecule has 4 aromatic rings. The first-order valence-corrected chi connectivity index (χ1v) is 11.7. The summed E-state index contributed by atoms with van der Waals surface area (Å²) in [4.78, 5) is 26.1. The fourth-order valence-corrected chi connectivity index (χ4v) is 4.49. The first kappa shape index (κ1) is 22.7. The highest BCUT2D eigenvalue weighted by molar-refractivity contribution is 5.98. The van der Waals surface area contributed by atoms with Crippen LogP contribution in [-0.4, -0.2) is 53.6 Å². The average molecular weight is 469 g/mol. The number of piperazine rings is 1. The normalized spacial score (nSPS) is 15.8. The van der Waals surface area contributed by atoms with Gasteiger partial charge in [0.25, 0.3) is 5.91 Å². The van der Waals surface area contributed by atoms with Gasteiger partial charge in [-0.15, -0.1) is 0 Å². The van der Waals surface area contributed by atoms with E-state index in [4.69, 9.17) is 9.47 Å². The molecule has 0 N–H and O–H groups in total. The van der Waals surface area contributed by atoms with Crippen LogP contribution in [0.15, 0.2) is 73.1 Å². The Labute approximate surface area is 204 Å². The van der Waals surface area contributed by atoms with Gasteiger partial charge in [0, 0.05) is 37.3 Å². The number of nitrogens with zero attached hydrogens (tertiary/aromatic N) is 4. The predicted molar refractivity (Wildman–Crippen MR) is 136 cm³/mol. The number of methoxy groups -OCH3 is 1. The summed E-state index contributed by atoms with van der Waals surface area (Å²) in [5.74, 6) is 2.52. The number of ether oxygens (including phenoxy) is 2. The summed E-state index contributed by atoms with van der Waals surface area (Å²) < 4.78 is 11.4. The molecule has 0 saturated carbocycles. The minimum atomic E-state index is 0.0271. The van der Waals surface area contributed by atoms with E-state index in [-0.39, 0.29) is 11.9 Å². The molecule has 1 amide bonds. The number of anilines is 1. The quantitative estimate of drug-likeness (QED) is 0.406. The Hall–Kier alpha value is -4.13. The topological polar surface area (TPSA) is 67.8 Å². The van der Waals surface area contributed by atoms with Gasteiger partial charge in [-0.3, -0.25) is 4.79 Å². The Morgan fingerprint density at radius 3 is 2.57 bits per heavy atom. The number of benzene rings is 3. The summed E-state index contributed by atoms with van der Waals surface area (Å²) >= 11 is 0. The van der Waals surface area contributed by atoms with Crippen molar-refractivity contribution in [2.24, 2.45) is 0 Å². The molecule has 3 aromatic carbocycles. The molecule has 0 unspecified atom stereocenters. The van der Waals surface area contributed by atoms with Crippen LogP contribution >= 0.6 is 0 Å². The summed E-state index contributed by atoms with van der Waals surface area (Å²) in [6.45, 7) is 6.03. The number of fused-ring (bicyclic) bond motifs is 1. The lowest BCUT2D eigenvalue weighted by molar-refractivity contribution is 0.0674. The third-order valence-electron chi connectivity index (χ3n) is 6.37. The molecule has 0 spiro atoms. The van der Waals surface area contributed by atoms with Crippen molar-refractivity contribution < 1.29 is 14.3 Å². The van der Waals surface area contributed by atoms with Crippen molar-refractivity contribution in [3.05, 3.63) is 84.2 Å². The van der Waals surface area contributed by atoms with Gasteiger partial charge in [0.15, 0.2) is 11.5 Å². The van der Waals surface area contributed by atoms with E-state index in [9.17, 15) is 4.79 Å². The van der Waals surface area contributed by atoms with Crippen LogP contribution in [-0.2, 0) is 0 Å². The Kier molecular flexibility index (Phi) is 6.23. The number of hydrogen-bond donors (Lipinski definition) is 0. The number of amides is 1. The molecule has 0 aliphatic carbocycles. The van der Waals surface area contributed by atoms with Gasteiger partial charge < -0.3 is 19.3 Å². The second-order valence-electron chi connectivity index (χ2n) is 8.83. The van der Waals surface area contributed by atoms with Gasteiger partial charge in [-0.05, 0) is 54.4 Å². The molecule has 5 rings (SSSR count). The van der Waals surface area contributed by atoms with E-state index < -0.39 is 0 Å². The van der Waals surface area contributed by atoms with Crippen molar-refractivity contribution in [1.29, 1.82) is 0 Å². The molecule has 1 atom stereocenters. The zero-order valence-electron chi connectivity index (χ0n) is 20.1. The van der Waals surface area contributed by atoms with Crippen molar-refractivity contribution >= 4 is 22.5 Å². The standard InChI is InChI=1S/C28H28N4O3/c1-19-8-11-24(25(14-19)34-3)35-27-16-26(29-18-30-27)31-12-13-32(20(2)17-31)28(33)23-10-9-21-6-4-5-7-22(21)15-23/h4-11,14-16,18,20H,12-13,17H2,1-3H3/t20-/m0/s1. The Morgan fingerprint density at radius 2 is 1.77 bits per heavy atom. The van der Waals surface area contributed by atoms with E-state index in [1.54, 1.807) is 7.11 Å². The predicted octanol–water partition coefficient (Wildman–Crippen LogP) is 5.09. The molecule has 0 radical (unpaired) electrons. The van der Waals surface area contributed by atoms with Crippen LogP contribution in [0.3, 0.4) is 0 Å². The first-order valence-electron chi connectivity index (χ1n) is 11.7. The molecule has 7 heteroatoms. The summed E-state index contributed by atoms with van der Waals surface area (Å²) in [6.07, 6.45) is 1.50. The molecular formula is C28H28N4O3. The van der Waals surface area contributed by atoms with Gasteiger partial charge in [0.2, 0.25) is 5.88 Å². The van der Waals surface area contributed by atoms with E-state index in [1.165, 1.54) is 6.33 Å². The number of aryl methyl sites for hydroxylation is 1. The van der Waals surface area contributed by atoms with Crippen LogP contribution in [0.4, 0.5) is 5.82 Å². The molecule has 0 bridgehead atoms. The lowest BCUT2D eigenvalue weighted by Gasteiger charge is -2.40. The van der Waals surface area contributed by atoms with Gasteiger partial charge in [-0.25, -0.2) is 9.97 Å². The van der Waals surface area contributed by atoms with Crippen molar-refractivity contribution in [2.45, 2.75) is 19.9 Å². The molecule has 7 nitrogen and oxygen atoms in total. The molecule has 178 valence electrons. The monoisotopic (exact) mass is 468 g/mol. The fourth-order valence-electron chi connectivity index (χ4n) is 4.49. The summed E-state index contributed by atoms with van der Waals surface area (Å²) in [5.41, 5.74) is 1.80. The van der Waals surface area contributed by atoms with E-state index in [2.05, 4.69) is 27.9 Å². The zero-order chi connectivity index (χ0) is 24.4. The molecule has 35 heavy (non-hydrogen) atoms. The second kappa shape index (κ2) is 9.62. The SMILES string of the molecule is COc1cc(C)ccc1Oc1cc(N2CCN(C(=O)c3ccc4ccccc4c3)[C@@H](C)C2)ncn1. The maximum atomic E-state index is 13.3. The average Bonchev–Trinajstić information content (AvgIpc) is 2.89. The summed E-state index contributed by atoms with van der Waals surface area (Å²) in [6, 6.07) is 21.6. The number of rotatable bonds is 5. The zero-order valence-corrected chi connectivity index (χ0v) is 20.1. The second-order valence-corrected chi connectivity index (χ2v) is 8.83. The molecule has 1 aliphatic rings. The minimum absolute atomic E-state index is 0.0271. The maximum absolute atomic E-state index is 13.3. The highest BCUT2D eigenvalue weighted by atomic mass is 16.5. The van der Waals surface area contributed by atoms with E-state index >= 15 is 0 Å². The number of aromatic nitrogens is 2. The molecule has 1 aliphatic heterocycles. The summed E-state index contributed by atoms with van der Waals surface area (Å²) in [7, 11) is 1.62. The van der Waals surface area contributed by atoms with E-state index in [1.807, 2.05) is 72.5 Å². The first-order chi connectivity index (χ1) is 17.0. The van der Waals surface area contributed by atoms with Crippen LogP contribution in [0.5, 0.6) is 17.4 Å². The molecule has 1 fully saturated rings. The Morgan fingerprint density at radius 1 is 0.943 bits per heavy atom. The van der Waals surface area contributed by atoms with Gasteiger partial charge in [-0.1, -0.05) is 36.4 Å². The smallest absolute Gasteiger partial charge is 0.254 e. The van der Waals surface area contributed by atoms with E-state index in [0.29, 0.717) is 42.6 Å². The lowest BCUT2D eigenvalue weighted by Crippen LogP contribution is -2.54. The third-order valence-corrected chi connectivity index (χ3v) is 6.37. The lowest BCUT2D eigenvalue weighted by atomic mass is 10.0. The maximum Gasteiger partial charge on any atom is 0.254 e. The van der Waals surface area contributed by atoms with Gasteiger partial charge in [-0.2, -0.15) is 0 Å². The van der Waals surface area contributed by atoms with E-state index in [0.717, 1.165) is 22.2 Å². The third kappa shape index (κ3) is 4.75. The van der Waals surface area contributed by atoms with Crippen molar-refractivity contribution in [3.63, 3.8) is 0 Å². The number of carbonyl (C=O) groups excluding carboxylic acids is 1. The van der Waals surface area contributed by atoms with Crippen LogP contribution in [0.25, 0.3) is 10.8 Å². The molecule has 1 saturated heterocycles. The highest BCUT2D eigenvalue weighted by Crippen LogP contribution is 2.32. The highest BCUT2D eigenvalue weighted by Gasteiger charge is 2.29. The van der Waals surface area contributed by atoms with Crippen molar-refractivity contribution in [2.75, 3.05) is 31.6 Å². The Balaban J connectivity index is 1.29. The number of hydrogen-bond acceptors (Lipinski definition) is 6. The van der Waals surface area contributed by atoms with Crippen molar-refractivity contribution in [3.8, 4) is 17.4 Å².